The Morgan fingerprint density at radius 3 is 2.50 bits per heavy atom. The van der Waals surface area contributed by atoms with Gasteiger partial charge in [-0.25, -0.2) is 4.98 Å². The molecule has 0 N–H and O–H groups in total. The van der Waals surface area contributed by atoms with Gasteiger partial charge in [0, 0.05) is 23.3 Å². The predicted octanol–water partition coefficient (Wildman–Crippen LogP) is 3.38. The molecule has 0 spiro atoms. The maximum atomic E-state index is 11.7. The van der Waals surface area contributed by atoms with Crippen LogP contribution in [0.1, 0.15) is 33.9 Å². The largest absolute Gasteiger partial charge is 0.276 e. The average molecular weight is 314 g/mol. The van der Waals surface area contributed by atoms with Crippen molar-refractivity contribution >= 4 is 23.2 Å². The van der Waals surface area contributed by atoms with Crippen LogP contribution < -0.4 is 0 Å². The zero-order valence-corrected chi connectivity index (χ0v) is 13.8. The van der Waals surface area contributed by atoms with Gasteiger partial charge in [0.05, 0.1) is 12.2 Å². The van der Waals surface area contributed by atoms with Crippen LogP contribution in [0.15, 0.2) is 18.2 Å². The van der Waals surface area contributed by atoms with E-state index in [0.29, 0.717) is 19.4 Å². The maximum absolute atomic E-state index is 11.7. The number of aromatic nitrogens is 1. The SMILES string of the molecule is Cc1ccc(C)c(-c2nc(CN3C(=O)CCC3=O)sc2C)c1. The van der Waals surface area contributed by atoms with Crippen molar-refractivity contribution in [1.29, 1.82) is 0 Å². The van der Waals surface area contributed by atoms with Crippen LogP contribution in [0.4, 0.5) is 0 Å². The van der Waals surface area contributed by atoms with Gasteiger partial charge in [0.1, 0.15) is 5.01 Å². The van der Waals surface area contributed by atoms with Crippen molar-refractivity contribution in [2.45, 2.75) is 40.2 Å². The van der Waals surface area contributed by atoms with Crippen molar-refractivity contribution in [3.05, 3.63) is 39.2 Å². The molecule has 22 heavy (non-hydrogen) atoms. The molecule has 1 saturated heterocycles. The van der Waals surface area contributed by atoms with E-state index in [1.54, 1.807) is 11.3 Å². The second-order valence-electron chi connectivity index (χ2n) is 5.70. The third kappa shape index (κ3) is 2.68. The van der Waals surface area contributed by atoms with E-state index in [1.165, 1.54) is 16.0 Å². The number of rotatable bonds is 3. The Morgan fingerprint density at radius 1 is 1.14 bits per heavy atom. The quantitative estimate of drug-likeness (QED) is 0.816. The highest BCUT2D eigenvalue weighted by atomic mass is 32.1. The number of hydrogen-bond donors (Lipinski definition) is 0. The van der Waals surface area contributed by atoms with Gasteiger partial charge < -0.3 is 0 Å². The molecule has 2 aromatic rings. The highest BCUT2D eigenvalue weighted by Crippen LogP contribution is 2.31. The van der Waals surface area contributed by atoms with Crippen LogP contribution in [0.25, 0.3) is 11.3 Å². The van der Waals surface area contributed by atoms with Crippen molar-refractivity contribution in [2.24, 2.45) is 0 Å². The fraction of sp³-hybridized carbons (Fsp3) is 0.353. The van der Waals surface area contributed by atoms with Crippen LogP contribution in [-0.4, -0.2) is 21.7 Å². The normalized spacial score (nSPS) is 15.0. The number of likely N-dealkylation sites (tertiary alicyclic amines) is 1. The second-order valence-corrected chi connectivity index (χ2v) is 6.99. The van der Waals surface area contributed by atoms with Crippen LogP contribution in [0, 0.1) is 20.8 Å². The number of carbonyl (C=O) groups is 2. The van der Waals surface area contributed by atoms with Crippen LogP contribution in [0.2, 0.25) is 0 Å². The summed E-state index contributed by atoms with van der Waals surface area (Å²) >= 11 is 1.56. The van der Waals surface area contributed by atoms with Gasteiger partial charge in [-0.3, -0.25) is 14.5 Å². The Labute approximate surface area is 133 Å². The summed E-state index contributed by atoms with van der Waals surface area (Å²) in [6, 6.07) is 6.31. The molecule has 0 unspecified atom stereocenters. The fourth-order valence-electron chi connectivity index (χ4n) is 2.69. The van der Waals surface area contributed by atoms with Crippen molar-refractivity contribution in [2.75, 3.05) is 0 Å². The monoisotopic (exact) mass is 314 g/mol. The Morgan fingerprint density at radius 2 is 1.82 bits per heavy atom. The Kier molecular flexibility index (Phi) is 3.83. The zero-order chi connectivity index (χ0) is 15.9. The molecule has 1 aromatic heterocycles. The van der Waals surface area contributed by atoms with Crippen LogP contribution in [0.5, 0.6) is 0 Å². The van der Waals surface area contributed by atoms with Gasteiger partial charge in [-0.2, -0.15) is 0 Å². The van der Waals surface area contributed by atoms with E-state index in [2.05, 4.69) is 37.0 Å². The van der Waals surface area contributed by atoms with Crippen LogP contribution in [-0.2, 0) is 16.1 Å². The highest BCUT2D eigenvalue weighted by molar-refractivity contribution is 7.12. The smallest absolute Gasteiger partial charge is 0.230 e. The Balaban J connectivity index is 1.92. The van der Waals surface area contributed by atoms with Gasteiger partial charge in [-0.1, -0.05) is 17.7 Å². The summed E-state index contributed by atoms with van der Waals surface area (Å²) in [5.74, 6) is -0.183. The van der Waals surface area contributed by atoms with Gasteiger partial charge in [-0.15, -0.1) is 11.3 Å². The molecule has 1 aliphatic rings. The molecule has 0 radical (unpaired) electrons. The topological polar surface area (TPSA) is 50.3 Å². The minimum absolute atomic E-state index is 0.0915. The van der Waals surface area contributed by atoms with E-state index in [4.69, 9.17) is 0 Å². The third-order valence-electron chi connectivity index (χ3n) is 3.94. The zero-order valence-electron chi connectivity index (χ0n) is 13.0. The summed E-state index contributed by atoms with van der Waals surface area (Å²) in [5.41, 5.74) is 4.46. The Hall–Kier alpha value is -2.01. The fourth-order valence-corrected chi connectivity index (χ4v) is 3.63. The van der Waals surface area contributed by atoms with Crippen LogP contribution >= 0.6 is 11.3 Å². The summed E-state index contributed by atoms with van der Waals surface area (Å²) in [5, 5.41) is 0.817. The van der Waals surface area contributed by atoms with E-state index < -0.39 is 0 Å². The molecule has 114 valence electrons. The van der Waals surface area contributed by atoms with E-state index in [-0.39, 0.29) is 11.8 Å². The van der Waals surface area contributed by atoms with Gasteiger partial charge in [0.25, 0.3) is 0 Å². The number of amides is 2. The maximum Gasteiger partial charge on any atom is 0.230 e. The summed E-state index contributed by atoms with van der Waals surface area (Å²) in [6.07, 6.45) is 0.653. The molecule has 0 aliphatic carbocycles. The lowest BCUT2D eigenvalue weighted by atomic mass is 10.0. The van der Waals surface area contributed by atoms with Crippen molar-refractivity contribution in [3.8, 4) is 11.3 Å². The molecule has 0 saturated carbocycles. The number of thiazole rings is 1. The summed E-state index contributed by atoms with van der Waals surface area (Å²) in [4.78, 5) is 30.6. The average Bonchev–Trinajstić information content (AvgIpc) is 2.99. The molecular formula is C17H18N2O2S. The first-order valence-corrected chi connectivity index (χ1v) is 8.14. The first kappa shape index (κ1) is 14.9. The highest BCUT2D eigenvalue weighted by Gasteiger charge is 2.29. The molecule has 1 fully saturated rings. The molecular weight excluding hydrogens is 296 g/mol. The second kappa shape index (κ2) is 5.65. The third-order valence-corrected chi connectivity index (χ3v) is 4.89. The molecule has 0 atom stereocenters. The van der Waals surface area contributed by atoms with Gasteiger partial charge in [0.15, 0.2) is 0 Å². The first-order chi connectivity index (χ1) is 10.5. The van der Waals surface area contributed by atoms with Crippen molar-refractivity contribution in [1.82, 2.24) is 9.88 Å². The van der Waals surface area contributed by atoms with Gasteiger partial charge >= 0.3 is 0 Å². The molecule has 2 heterocycles. The molecule has 2 amide bonds. The van der Waals surface area contributed by atoms with E-state index >= 15 is 0 Å². The molecule has 1 aliphatic heterocycles. The predicted molar refractivity (Wildman–Crippen MR) is 86.6 cm³/mol. The van der Waals surface area contributed by atoms with Crippen LogP contribution in [0.3, 0.4) is 0 Å². The standard InChI is InChI=1S/C17H18N2O2S/c1-10-4-5-11(2)13(8-10)17-12(3)22-14(18-17)9-19-15(20)6-7-16(19)21/h4-5,8H,6-7,9H2,1-3H3. The summed E-state index contributed by atoms with van der Waals surface area (Å²) in [7, 11) is 0. The van der Waals surface area contributed by atoms with Crippen molar-refractivity contribution in [3.63, 3.8) is 0 Å². The molecule has 4 nitrogen and oxygen atoms in total. The van der Waals surface area contributed by atoms with E-state index in [1.807, 2.05) is 6.92 Å². The van der Waals surface area contributed by atoms with E-state index in [0.717, 1.165) is 21.1 Å². The minimum atomic E-state index is -0.0915. The lowest BCUT2D eigenvalue weighted by molar-refractivity contribution is -0.139. The number of hydrogen-bond acceptors (Lipinski definition) is 4. The van der Waals surface area contributed by atoms with E-state index in [9.17, 15) is 9.59 Å². The van der Waals surface area contributed by atoms with Crippen molar-refractivity contribution < 1.29 is 9.59 Å². The Bertz CT molecular complexity index is 748. The summed E-state index contributed by atoms with van der Waals surface area (Å²) in [6.45, 7) is 6.47. The molecule has 1 aromatic carbocycles. The number of nitrogens with zero attached hydrogens (tertiary/aromatic N) is 2. The number of aryl methyl sites for hydroxylation is 3. The molecule has 5 heteroatoms. The van der Waals surface area contributed by atoms with Gasteiger partial charge in [0.2, 0.25) is 11.8 Å². The first-order valence-electron chi connectivity index (χ1n) is 7.33. The summed E-state index contributed by atoms with van der Waals surface area (Å²) < 4.78 is 0. The number of imide groups is 1. The molecule has 3 rings (SSSR count). The number of carbonyl (C=O) groups excluding carboxylic acids is 2. The lowest BCUT2D eigenvalue weighted by Crippen LogP contribution is -2.28. The minimum Gasteiger partial charge on any atom is -0.276 e. The number of benzene rings is 1. The van der Waals surface area contributed by atoms with Gasteiger partial charge in [-0.05, 0) is 32.4 Å². The lowest BCUT2D eigenvalue weighted by Gasteiger charge is -2.11. The molecule has 0 bridgehead atoms.